The van der Waals surface area contributed by atoms with Crippen molar-refractivity contribution < 1.29 is 23.9 Å². The molecule has 1 saturated heterocycles. The number of rotatable bonds is 12. The van der Waals surface area contributed by atoms with Gasteiger partial charge in [0.1, 0.15) is 17.7 Å². The molecule has 10 nitrogen and oxygen atoms in total. The number of hydrogen-bond acceptors (Lipinski definition) is 6. The number of unbranched alkanes of at least 4 members (excludes halogenated alkanes) is 1. The molecule has 3 atom stereocenters. The lowest BCUT2D eigenvalue weighted by molar-refractivity contribution is -0.159. The van der Waals surface area contributed by atoms with Gasteiger partial charge in [-0.1, -0.05) is 39.0 Å². The molecule has 3 rings (SSSR count). The van der Waals surface area contributed by atoms with Crippen molar-refractivity contribution in [2.75, 3.05) is 19.6 Å². The summed E-state index contributed by atoms with van der Waals surface area (Å²) in [5, 5.41) is 6.89. The number of hydrogen-bond donors (Lipinski definition) is 4. The van der Waals surface area contributed by atoms with Crippen molar-refractivity contribution in [1.29, 1.82) is 0 Å². The van der Waals surface area contributed by atoms with E-state index in [2.05, 4.69) is 15.6 Å². The smallest absolute Gasteiger partial charge is 0.329 e. The zero-order valence-corrected chi connectivity index (χ0v) is 26.0. The number of amides is 3. The van der Waals surface area contributed by atoms with E-state index in [1.165, 1.54) is 0 Å². The molecular weight excluding hydrogens is 534 g/mol. The normalized spacial score (nSPS) is 16.6. The minimum absolute atomic E-state index is 0.0851. The Morgan fingerprint density at radius 3 is 2.33 bits per heavy atom. The number of benzene rings is 1. The van der Waals surface area contributed by atoms with Gasteiger partial charge in [-0.15, -0.1) is 0 Å². The van der Waals surface area contributed by atoms with Crippen molar-refractivity contribution in [3.05, 3.63) is 36.0 Å². The Balaban J connectivity index is 1.83. The predicted octanol–water partition coefficient (Wildman–Crippen LogP) is 3.61. The number of nitrogens with one attached hydrogen (secondary N) is 3. The summed E-state index contributed by atoms with van der Waals surface area (Å²) in [6.07, 6.45) is 4.65. The van der Waals surface area contributed by atoms with Crippen molar-refractivity contribution >= 4 is 34.6 Å². The molecule has 1 aliphatic heterocycles. The maximum atomic E-state index is 13.9. The van der Waals surface area contributed by atoms with Crippen molar-refractivity contribution in [3.8, 4) is 0 Å². The Kier molecular flexibility index (Phi) is 11.6. The van der Waals surface area contributed by atoms with Crippen LogP contribution in [0.3, 0.4) is 0 Å². The van der Waals surface area contributed by atoms with Crippen LogP contribution in [0.25, 0.3) is 10.9 Å². The highest BCUT2D eigenvalue weighted by Gasteiger charge is 2.36. The van der Waals surface area contributed by atoms with E-state index in [1.54, 1.807) is 25.7 Å². The van der Waals surface area contributed by atoms with Gasteiger partial charge in [0.25, 0.3) is 0 Å². The van der Waals surface area contributed by atoms with Gasteiger partial charge in [0, 0.05) is 47.9 Å². The maximum Gasteiger partial charge on any atom is 0.329 e. The van der Waals surface area contributed by atoms with E-state index in [1.807, 2.05) is 51.2 Å². The molecule has 232 valence electrons. The Morgan fingerprint density at radius 2 is 1.71 bits per heavy atom. The molecule has 0 aliphatic carbocycles. The molecule has 0 saturated carbocycles. The molecule has 0 bridgehead atoms. The van der Waals surface area contributed by atoms with E-state index in [0.717, 1.165) is 16.5 Å². The largest absolute Gasteiger partial charge is 0.458 e. The van der Waals surface area contributed by atoms with Crippen molar-refractivity contribution in [2.24, 2.45) is 17.6 Å². The molecule has 1 unspecified atom stereocenters. The molecule has 1 fully saturated rings. The Morgan fingerprint density at radius 1 is 1.05 bits per heavy atom. The van der Waals surface area contributed by atoms with Crippen LogP contribution in [0.4, 0.5) is 0 Å². The molecule has 3 amide bonds. The van der Waals surface area contributed by atoms with E-state index in [9.17, 15) is 19.2 Å². The van der Waals surface area contributed by atoms with Gasteiger partial charge in [0.05, 0.1) is 0 Å². The van der Waals surface area contributed by atoms with Gasteiger partial charge >= 0.3 is 5.97 Å². The predicted molar refractivity (Wildman–Crippen MR) is 163 cm³/mol. The lowest BCUT2D eigenvalue weighted by Crippen LogP contribution is -2.55. The molecule has 2 heterocycles. The number of carbonyl (C=O) groups excluding carboxylic acids is 4. The highest BCUT2D eigenvalue weighted by atomic mass is 16.6. The second-order valence-corrected chi connectivity index (χ2v) is 12.7. The van der Waals surface area contributed by atoms with Crippen molar-refractivity contribution in [2.45, 2.75) is 97.2 Å². The number of nitrogens with zero attached hydrogens (tertiary/aromatic N) is 1. The second-order valence-electron chi connectivity index (χ2n) is 12.7. The molecule has 1 aromatic heterocycles. The first-order valence-electron chi connectivity index (χ1n) is 15.2. The van der Waals surface area contributed by atoms with Gasteiger partial charge in [0.2, 0.25) is 17.7 Å². The van der Waals surface area contributed by atoms with Gasteiger partial charge in [-0.2, -0.15) is 0 Å². The monoisotopic (exact) mass is 583 g/mol. The van der Waals surface area contributed by atoms with Crippen molar-refractivity contribution in [1.82, 2.24) is 20.5 Å². The highest BCUT2D eigenvalue weighted by molar-refractivity contribution is 5.93. The van der Waals surface area contributed by atoms with Gasteiger partial charge in [-0.05, 0) is 71.0 Å². The van der Waals surface area contributed by atoms with Crippen LogP contribution >= 0.6 is 0 Å². The Bertz CT molecular complexity index is 1230. The van der Waals surface area contributed by atoms with Gasteiger partial charge < -0.3 is 31.0 Å². The summed E-state index contributed by atoms with van der Waals surface area (Å²) in [5.41, 5.74) is 6.77. The molecular formula is C32H49N5O5. The van der Waals surface area contributed by atoms with Gasteiger partial charge in [0.15, 0.2) is 0 Å². The minimum atomic E-state index is -0.938. The summed E-state index contributed by atoms with van der Waals surface area (Å²) in [5.74, 6) is -1.92. The number of para-hydroxylation sites is 1. The first kappa shape index (κ1) is 33.1. The molecule has 0 spiro atoms. The number of aromatic nitrogens is 1. The third kappa shape index (κ3) is 8.80. The van der Waals surface area contributed by atoms with Crippen LogP contribution in [0, 0.1) is 11.8 Å². The third-order valence-corrected chi connectivity index (χ3v) is 7.82. The van der Waals surface area contributed by atoms with Crippen LogP contribution in [-0.4, -0.2) is 70.9 Å². The number of carbonyl (C=O) groups is 4. The number of H-pyrrole nitrogens is 1. The molecule has 1 aliphatic rings. The summed E-state index contributed by atoms with van der Waals surface area (Å²) in [4.78, 5) is 58.1. The number of nitrogens with two attached hydrogens (primary N) is 1. The zero-order chi connectivity index (χ0) is 31.0. The lowest BCUT2D eigenvalue weighted by atomic mass is 9.90. The molecule has 1 aromatic carbocycles. The molecule has 10 heteroatoms. The number of ether oxygens (including phenoxy) is 1. The van der Waals surface area contributed by atoms with E-state index in [-0.39, 0.29) is 23.7 Å². The molecule has 2 aromatic rings. The van der Waals surface area contributed by atoms with Crippen LogP contribution in [0.1, 0.15) is 85.1 Å². The number of aromatic amines is 1. The third-order valence-electron chi connectivity index (χ3n) is 7.82. The number of piperidine rings is 1. The quantitative estimate of drug-likeness (QED) is 0.222. The first-order chi connectivity index (χ1) is 19.8. The Labute approximate surface area is 249 Å². The first-order valence-corrected chi connectivity index (χ1v) is 15.2. The number of fused-ring (bicyclic) bond motifs is 1. The fourth-order valence-electron chi connectivity index (χ4n) is 5.44. The van der Waals surface area contributed by atoms with E-state index in [0.29, 0.717) is 51.7 Å². The molecule has 5 N–H and O–H groups in total. The highest BCUT2D eigenvalue weighted by Crippen LogP contribution is 2.29. The molecule has 0 radical (unpaired) electrons. The Hall–Kier alpha value is -3.40. The number of likely N-dealkylation sites (tertiary alicyclic amines) is 1. The zero-order valence-electron chi connectivity index (χ0n) is 26.0. The summed E-state index contributed by atoms with van der Waals surface area (Å²) >= 11 is 0. The fraction of sp³-hybridized carbons (Fsp3) is 0.625. The van der Waals surface area contributed by atoms with E-state index in [4.69, 9.17) is 10.5 Å². The summed E-state index contributed by atoms with van der Waals surface area (Å²) in [7, 11) is 0. The lowest BCUT2D eigenvalue weighted by Gasteiger charge is -2.34. The van der Waals surface area contributed by atoms with Crippen molar-refractivity contribution in [3.63, 3.8) is 0 Å². The van der Waals surface area contributed by atoms with Gasteiger partial charge in [-0.3, -0.25) is 14.4 Å². The van der Waals surface area contributed by atoms with E-state index < -0.39 is 35.5 Å². The van der Waals surface area contributed by atoms with Crippen LogP contribution in [0.15, 0.2) is 30.5 Å². The molecule has 42 heavy (non-hydrogen) atoms. The minimum Gasteiger partial charge on any atom is -0.458 e. The van der Waals surface area contributed by atoms with Crippen LogP contribution in [0.5, 0.6) is 0 Å². The summed E-state index contributed by atoms with van der Waals surface area (Å²) in [6.45, 7) is 12.5. The summed E-state index contributed by atoms with van der Waals surface area (Å²) < 4.78 is 5.61. The average molecular weight is 584 g/mol. The second kappa shape index (κ2) is 14.7. The standard InChI is InChI=1S/C32H49N5O5/c1-20(2)30(40)37-17-14-22(15-18-37)28(38)36-27(21(3)24-19-34-25-12-8-7-11-23(24)25)29(39)35-26(13-9-10-16-33)31(41)42-32(4,5)6/h7-8,11-12,19-22,26-27,34H,9-10,13-18,33H2,1-6H3,(H,35,39)(H,36,38)/t21-,26?,27-/m1/s1. The summed E-state index contributed by atoms with van der Waals surface area (Å²) in [6, 6.07) is 5.99. The van der Waals surface area contributed by atoms with Crippen LogP contribution in [0.2, 0.25) is 0 Å². The maximum absolute atomic E-state index is 13.9. The van der Waals surface area contributed by atoms with Crippen LogP contribution in [-0.2, 0) is 23.9 Å². The topological polar surface area (TPSA) is 147 Å². The van der Waals surface area contributed by atoms with Crippen LogP contribution < -0.4 is 16.4 Å². The number of esters is 1. The SMILES string of the molecule is CC(C)C(=O)N1CCC(C(=O)N[C@@H](C(=O)NC(CCCCN)C(=O)OC(C)(C)C)[C@H](C)c2c[nH]c3ccccc23)CC1. The fourth-order valence-corrected chi connectivity index (χ4v) is 5.44. The van der Waals surface area contributed by atoms with Gasteiger partial charge in [-0.25, -0.2) is 4.79 Å². The average Bonchev–Trinajstić information content (AvgIpc) is 3.38. The van der Waals surface area contributed by atoms with E-state index >= 15 is 0 Å².